The van der Waals surface area contributed by atoms with Crippen molar-refractivity contribution in [1.29, 1.82) is 0 Å². The molecule has 2 unspecified atom stereocenters. The summed E-state index contributed by atoms with van der Waals surface area (Å²) in [6, 6.07) is 7.77. The number of ether oxygens (including phenoxy) is 1. The van der Waals surface area contributed by atoms with Gasteiger partial charge in [0.05, 0.1) is 11.2 Å². The lowest BCUT2D eigenvalue weighted by atomic mass is 9.76. The third-order valence-electron chi connectivity index (χ3n) is 6.71. The van der Waals surface area contributed by atoms with Crippen molar-refractivity contribution in [3.05, 3.63) is 29.8 Å². The number of alkyl carbamates (subject to hydrolysis) is 1. The molecule has 0 aromatic heterocycles. The first kappa shape index (κ1) is 24.9. The topological polar surface area (TPSA) is 85.9 Å². The molecular formula is C23H35BN2O5S. The summed E-state index contributed by atoms with van der Waals surface area (Å²) in [7, 11) is -0.504. The highest BCUT2D eigenvalue weighted by atomic mass is 32.1. The van der Waals surface area contributed by atoms with Crippen molar-refractivity contribution in [2.24, 2.45) is 5.92 Å². The maximum absolute atomic E-state index is 12.4. The van der Waals surface area contributed by atoms with Crippen LogP contribution in [0.5, 0.6) is 0 Å². The first-order valence-corrected chi connectivity index (χ1v) is 12.0. The van der Waals surface area contributed by atoms with Crippen LogP contribution in [0.4, 0.5) is 4.79 Å². The molecule has 32 heavy (non-hydrogen) atoms. The predicted molar refractivity (Wildman–Crippen MR) is 128 cm³/mol. The van der Waals surface area contributed by atoms with E-state index in [-0.39, 0.29) is 18.6 Å². The molecule has 0 bridgehead atoms. The fourth-order valence-electron chi connectivity index (χ4n) is 4.06. The van der Waals surface area contributed by atoms with Crippen LogP contribution in [0, 0.1) is 5.92 Å². The van der Waals surface area contributed by atoms with Gasteiger partial charge in [0.15, 0.2) is 0 Å². The SMILES string of the molecule is CC1(C)OB(c2ccccc2COC(=O)NC2CCC(CNC(=O)CCS)C2)OC1(C)C. The van der Waals surface area contributed by atoms with Crippen LogP contribution < -0.4 is 16.1 Å². The Labute approximate surface area is 196 Å². The molecule has 2 aliphatic rings. The number of nitrogens with one attached hydrogen (secondary N) is 2. The lowest BCUT2D eigenvalue weighted by molar-refractivity contribution is -0.120. The predicted octanol–water partition coefficient (Wildman–Crippen LogP) is 2.82. The normalized spacial score (nSPS) is 23.7. The van der Waals surface area contributed by atoms with Crippen LogP contribution in [0.25, 0.3) is 0 Å². The second-order valence-corrected chi connectivity index (χ2v) is 10.1. The number of hydrogen-bond donors (Lipinski definition) is 3. The average molecular weight is 462 g/mol. The molecule has 1 saturated heterocycles. The van der Waals surface area contributed by atoms with E-state index in [0.29, 0.717) is 24.6 Å². The van der Waals surface area contributed by atoms with E-state index in [0.717, 1.165) is 30.3 Å². The third kappa shape index (κ3) is 6.20. The molecule has 2 atom stereocenters. The van der Waals surface area contributed by atoms with Crippen LogP contribution in [0.15, 0.2) is 24.3 Å². The molecule has 1 aliphatic carbocycles. The van der Waals surface area contributed by atoms with E-state index in [4.69, 9.17) is 14.0 Å². The highest BCUT2D eigenvalue weighted by Crippen LogP contribution is 2.36. The first-order valence-electron chi connectivity index (χ1n) is 11.4. The van der Waals surface area contributed by atoms with Crippen molar-refractivity contribution < 1.29 is 23.6 Å². The van der Waals surface area contributed by atoms with Gasteiger partial charge in [-0.3, -0.25) is 4.79 Å². The van der Waals surface area contributed by atoms with E-state index < -0.39 is 24.4 Å². The summed E-state index contributed by atoms with van der Waals surface area (Å²) < 4.78 is 17.8. The molecule has 176 valence electrons. The monoisotopic (exact) mass is 462 g/mol. The van der Waals surface area contributed by atoms with Gasteiger partial charge >= 0.3 is 13.2 Å². The van der Waals surface area contributed by atoms with Crippen molar-refractivity contribution >= 4 is 37.2 Å². The minimum atomic E-state index is -0.504. The van der Waals surface area contributed by atoms with Gasteiger partial charge in [0.2, 0.25) is 5.91 Å². The molecule has 7 nitrogen and oxygen atoms in total. The first-order chi connectivity index (χ1) is 15.1. The Balaban J connectivity index is 1.48. The third-order valence-corrected chi connectivity index (χ3v) is 6.93. The second-order valence-electron chi connectivity index (χ2n) is 9.66. The van der Waals surface area contributed by atoms with E-state index in [1.807, 2.05) is 52.0 Å². The van der Waals surface area contributed by atoms with Gasteiger partial charge in [-0.05, 0) is 69.7 Å². The van der Waals surface area contributed by atoms with Crippen molar-refractivity contribution in [3.8, 4) is 0 Å². The molecule has 1 saturated carbocycles. The zero-order valence-electron chi connectivity index (χ0n) is 19.5. The molecule has 2 fully saturated rings. The molecule has 1 heterocycles. The number of amides is 2. The van der Waals surface area contributed by atoms with Crippen LogP contribution in [0.1, 0.15) is 58.9 Å². The van der Waals surface area contributed by atoms with E-state index in [1.165, 1.54) is 0 Å². The van der Waals surface area contributed by atoms with Gasteiger partial charge in [0.25, 0.3) is 0 Å². The Morgan fingerprint density at radius 1 is 1.16 bits per heavy atom. The highest BCUT2D eigenvalue weighted by Gasteiger charge is 2.52. The van der Waals surface area contributed by atoms with E-state index in [1.54, 1.807) is 0 Å². The summed E-state index contributed by atoms with van der Waals surface area (Å²) in [6.07, 6.45) is 2.68. The lowest BCUT2D eigenvalue weighted by Gasteiger charge is -2.32. The van der Waals surface area contributed by atoms with Gasteiger partial charge in [0.1, 0.15) is 6.61 Å². The number of hydrogen-bond acceptors (Lipinski definition) is 6. The van der Waals surface area contributed by atoms with Crippen LogP contribution >= 0.6 is 12.6 Å². The minimum absolute atomic E-state index is 0.0245. The van der Waals surface area contributed by atoms with Crippen LogP contribution in [-0.2, 0) is 25.4 Å². The second kappa shape index (κ2) is 10.5. The summed E-state index contributed by atoms with van der Waals surface area (Å²) in [4.78, 5) is 24.0. The molecule has 3 rings (SSSR count). The fraction of sp³-hybridized carbons (Fsp3) is 0.652. The number of carbonyl (C=O) groups is 2. The summed E-state index contributed by atoms with van der Waals surface area (Å²) in [5, 5.41) is 5.89. The molecule has 0 radical (unpaired) electrons. The maximum atomic E-state index is 12.4. The molecule has 2 N–H and O–H groups in total. The molecule has 2 amide bonds. The van der Waals surface area contributed by atoms with Crippen molar-refractivity contribution in [3.63, 3.8) is 0 Å². The zero-order chi connectivity index (χ0) is 23.4. The quantitative estimate of drug-likeness (QED) is 0.409. The Morgan fingerprint density at radius 3 is 2.53 bits per heavy atom. The summed E-state index contributed by atoms with van der Waals surface area (Å²) >= 11 is 4.07. The molecule has 1 aromatic carbocycles. The smallest absolute Gasteiger partial charge is 0.445 e. The molecule has 1 aromatic rings. The van der Waals surface area contributed by atoms with Crippen molar-refractivity contribution in [2.45, 2.75) is 77.2 Å². The Bertz CT molecular complexity index is 803. The number of rotatable bonds is 8. The molecule has 0 spiro atoms. The van der Waals surface area contributed by atoms with Gasteiger partial charge in [-0.2, -0.15) is 12.6 Å². The largest absolute Gasteiger partial charge is 0.495 e. The van der Waals surface area contributed by atoms with E-state index >= 15 is 0 Å². The Hall–Kier alpha value is -1.71. The fourth-order valence-corrected chi connectivity index (χ4v) is 4.26. The minimum Gasteiger partial charge on any atom is -0.445 e. The summed E-state index contributed by atoms with van der Waals surface area (Å²) in [5.74, 6) is 0.939. The number of carbonyl (C=O) groups excluding carboxylic acids is 2. The van der Waals surface area contributed by atoms with Crippen LogP contribution in [0.2, 0.25) is 0 Å². The van der Waals surface area contributed by atoms with E-state index in [2.05, 4.69) is 23.3 Å². The average Bonchev–Trinajstić information content (AvgIpc) is 3.26. The zero-order valence-corrected chi connectivity index (χ0v) is 20.4. The lowest BCUT2D eigenvalue weighted by Crippen LogP contribution is -2.41. The highest BCUT2D eigenvalue weighted by molar-refractivity contribution is 7.80. The van der Waals surface area contributed by atoms with Gasteiger partial charge in [-0.15, -0.1) is 0 Å². The van der Waals surface area contributed by atoms with Gasteiger partial charge in [-0.1, -0.05) is 24.3 Å². The Morgan fingerprint density at radius 2 is 1.84 bits per heavy atom. The summed E-state index contributed by atoms with van der Waals surface area (Å²) in [6.45, 7) is 8.84. The van der Waals surface area contributed by atoms with Crippen molar-refractivity contribution in [1.82, 2.24) is 10.6 Å². The van der Waals surface area contributed by atoms with Gasteiger partial charge in [0, 0.05) is 19.0 Å². The summed E-state index contributed by atoms with van der Waals surface area (Å²) in [5.41, 5.74) is 0.858. The maximum Gasteiger partial charge on any atom is 0.495 e. The van der Waals surface area contributed by atoms with Gasteiger partial charge in [-0.25, -0.2) is 4.79 Å². The molecule has 9 heteroatoms. The standard InChI is InChI=1S/C23H35BN2O5S/c1-22(2)23(3,4)31-24(30-22)19-8-6-5-7-17(19)15-29-21(28)26-18-10-9-16(13-18)14-25-20(27)11-12-32/h5-8,16,18,32H,9-15H2,1-4H3,(H,25,27)(H,26,28). The number of thiol groups is 1. The van der Waals surface area contributed by atoms with Crippen molar-refractivity contribution in [2.75, 3.05) is 12.3 Å². The Kier molecular flexibility index (Phi) is 8.17. The number of benzene rings is 1. The van der Waals surface area contributed by atoms with Crippen LogP contribution in [0.3, 0.4) is 0 Å². The van der Waals surface area contributed by atoms with Gasteiger partial charge < -0.3 is 24.7 Å². The molecular weight excluding hydrogens is 427 g/mol. The molecule has 1 aliphatic heterocycles. The van der Waals surface area contributed by atoms with Crippen LogP contribution in [-0.4, -0.2) is 48.7 Å². The van der Waals surface area contributed by atoms with E-state index in [9.17, 15) is 9.59 Å².